The molecular weight excluding hydrogens is 1770 g/mol. The first-order valence-corrected chi connectivity index (χ1v) is 45.2. The van der Waals surface area contributed by atoms with Gasteiger partial charge in [-0.05, 0) is 96.3 Å². The Kier molecular flexibility index (Phi) is 39.6. The number of fused-ring (bicyclic) bond motifs is 3. The number of nitrogens with two attached hydrogens (primary N) is 2. The highest BCUT2D eigenvalue weighted by molar-refractivity contribution is 8.00. The molecule has 3 aliphatic heterocycles. The number of phenolic OH excluding ortho intramolecular Hbond substituents is 1. The second kappa shape index (κ2) is 50.7. The number of unbranched alkanes of at least 4 members (excludes halogenated alkanes) is 1. The average molecular weight is 1890 g/mol. The molecule has 38 nitrogen and oxygen atoms in total. The molecule has 0 radical (unpaired) electrons. The summed E-state index contributed by atoms with van der Waals surface area (Å²) in [5.41, 5.74) is 13.5. The van der Waals surface area contributed by atoms with Gasteiger partial charge in [0, 0.05) is 109 Å². The minimum Gasteiger partial charge on any atom is -0.508 e. The summed E-state index contributed by atoms with van der Waals surface area (Å²) in [5.74, 6) is -22.5. The summed E-state index contributed by atoms with van der Waals surface area (Å²) in [7, 11) is 5.02. The Hall–Kier alpha value is -13.1. The van der Waals surface area contributed by atoms with Crippen LogP contribution in [0.1, 0.15) is 93.5 Å². The third-order valence-electron chi connectivity index (χ3n) is 23.5. The number of aromatic nitrogens is 1. The van der Waals surface area contributed by atoms with Gasteiger partial charge in [0.1, 0.15) is 90.9 Å². The number of para-hydroxylation sites is 1. The molecular formula is C92H118F3N17O21S. The van der Waals surface area contributed by atoms with Crippen molar-refractivity contribution in [3.05, 3.63) is 173 Å². The standard InChI is InChI=1S/C92H118F3N17O21S/c1-8-9-26-71-91(129)111-33-35-132-48-75(111)87(125)105-69(47-133-51-113)84(122)107-79(52(2)3)92(130)109(5)72(40-53-19-12-10-13-20-53)85(123)102-65(25-18-32-96)89(127)112-46-59(115)43-73(112)86(124)104-67(42-57-44-98-63-24-17-16-23-60(57)63)83(121)103-66(38-55-27-29-58(114)30-28-55)82(120)101-64(31-34-131-7)81(119)106-70(80(118)99-45-76(97)116)49-134-50-77(117)100-68(39-56-36-61(93)78(95)62(94)37-56)88(126)110(6)74(90(128)108(71)4)41-54-21-14-11-15-22-54/h10-17,19-24,27-30,36-37,44,51-52,59,64-75,79,98,114-115H,8-9,18,25-26,31-35,38-43,45-50,96H2,1-7H3,(H2,97,116)(H,99,118)(H,100,117)(H,101,120)(H,102,123)(H,103,121)(H,104,124)(H,105,125)(H,106,119)(H,107,122)/t59-,64+,65+,66+,67+,68+,69+,70+,71+,72+,73-,74+,75-,79+/m1/s1. The Morgan fingerprint density at radius 1 is 0.590 bits per heavy atom. The largest absolute Gasteiger partial charge is 0.508 e. The van der Waals surface area contributed by atoms with Crippen LogP contribution in [0.15, 0.2) is 128 Å². The van der Waals surface area contributed by atoms with Crippen LogP contribution in [0.25, 0.3) is 10.9 Å². The molecule has 0 saturated carbocycles. The topological polar surface area (TPSA) is 534 Å². The van der Waals surface area contributed by atoms with Crippen LogP contribution in [0, 0.1) is 23.4 Å². The van der Waals surface area contributed by atoms with Gasteiger partial charge in [-0.3, -0.25) is 76.7 Å². The Balaban J connectivity index is 1.14. The number of methoxy groups -OCH3 is 1. The number of carbonyl (C=O) groups is 16. The number of phenols is 1. The number of amides is 15. The number of halogens is 3. The van der Waals surface area contributed by atoms with E-state index in [2.05, 4.69) is 52.8 Å². The summed E-state index contributed by atoms with van der Waals surface area (Å²) < 4.78 is 61.4. The Labute approximate surface area is 776 Å². The van der Waals surface area contributed by atoms with Crippen molar-refractivity contribution in [2.45, 2.75) is 182 Å². The zero-order valence-corrected chi connectivity index (χ0v) is 76.3. The lowest BCUT2D eigenvalue weighted by atomic mass is 9.98. The number of likely N-dealkylation sites (N-methyl/N-ethyl adjacent to an activating group) is 3. The minimum atomic E-state index is -1.89. The maximum absolute atomic E-state index is 15.7. The highest BCUT2D eigenvalue weighted by atomic mass is 32.2. The van der Waals surface area contributed by atoms with Gasteiger partial charge in [-0.15, -0.1) is 11.8 Å². The van der Waals surface area contributed by atoms with Gasteiger partial charge in [-0.25, -0.2) is 13.2 Å². The number of hydrogen-bond donors (Lipinski definition) is 14. The van der Waals surface area contributed by atoms with E-state index in [1.165, 1.54) is 52.5 Å². The fourth-order valence-electron chi connectivity index (χ4n) is 16.0. The van der Waals surface area contributed by atoms with Crippen LogP contribution in [0.2, 0.25) is 0 Å². The number of carbonyl (C=O) groups excluding carboxylic acids is 16. The Bertz CT molecular complexity index is 5100. The predicted molar refractivity (Wildman–Crippen MR) is 482 cm³/mol. The number of nitrogens with one attached hydrogen (secondary N) is 10. The van der Waals surface area contributed by atoms with E-state index in [0.717, 1.165) is 24.5 Å². The van der Waals surface area contributed by atoms with E-state index < -0.39 is 247 Å². The zero-order chi connectivity index (χ0) is 97.6. The predicted octanol–water partition coefficient (Wildman–Crippen LogP) is -0.504. The maximum Gasteiger partial charge on any atom is 0.293 e. The van der Waals surface area contributed by atoms with Crippen molar-refractivity contribution < 1.29 is 114 Å². The number of benzene rings is 5. The molecule has 42 heteroatoms. The van der Waals surface area contributed by atoms with Crippen LogP contribution in [0.3, 0.4) is 0 Å². The molecule has 0 spiro atoms. The molecule has 5 aromatic carbocycles. The first-order valence-electron chi connectivity index (χ1n) is 44.1. The number of aromatic amines is 1. The highest BCUT2D eigenvalue weighted by Gasteiger charge is 2.47. The molecule has 724 valence electrons. The second-order valence-electron chi connectivity index (χ2n) is 33.5. The van der Waals surface area contributed by atoms with E-state index in [4.69, 9.17) is 25.7 Å². The van der Waals surface area contributed by atoms with E-state index >= 15 is 51.9 Å². The monoisotopic (exact) mass is 1890 g/mol. The number of hydrogen-bond acceptors (Lipinski definition) is 23. The summed E-state index contributed by atoms with van der Waals surface area (Å²) in [6.45, 7) is 1.54. The Morgan fingerprint density at radius 3 is 1.79 bits per heavy atom. The number of morpholine rings is 1. The zero-order valence-electron chi connectivity index (χ0n) is 75.5. The number of aliphatic hydroxyl groups excluding tert-OH is 1. The van der Waals surface area contributed by atoms with Gasteiger partial charge >= 0.3 is 0 Å². The number of thioether (sulfide) groups is 1. The fourth-order valence-corrected chi connectivity index (χ4v) is 16.9. The van der Waals surface area contributed by atoms with Gasteiger partial charge in [0.25, 0.3) is 6.47 Å². The van der Waals surface area contributed by atoms with E-state index in [9.17, 15) is 48.2 Å². The van der Waals surface area contributed by atoms with Gasteiger partial charge in [0.05, 0.1) is 31.6 Å². The molecule has 16 N–H and O–H groups in total. The SMILES string of the molecule is CCCC[C@H]1C(=O)N2CCOC[C@@H]2C(=O)N[C@@H](COC=O)C(=O)N[C@@H](C(C)C)C(=O)N(C)[C@@H](Cc2ccccc2)C(=O)N[C@@H](CCCN)C(=O)N2C[C@H](O)C[C@@H]2C(=O)N[C@@H](Cc2c[nH]c3ccccc23)C(=O)N[C@@H](Cc2ccc(O)cc2)C(=O)N[C@@H](CCOC)C(=O)N[C@H](C(=O)NCC(N)=O)CSCC(=O)N[C@@H](Cc2cc(F)c(F)c(F)c2)C(=O)N(C)[C@@H](Cc2ccccc2)C(=O)N1C. The molecule has 3 fully saturated rings. The number of ether oxygens (including phenoxy) is 3. The molecule has 0 aliphatic carbocycles. The van der Waals surface area contributed by atoms with Gasteiger partial charge in [-0.2, -0.15) is 0 Å². The van der Waals surface area contributed by atoms with Crippen molar-refractivity contribution in [1.82, 2.24) is 77.3 Å². The second-order valence-corrected chi connectivity index (χ2v) is 34.5. The van der Waals surface area contributed by atoms with Crippen LogP contribution in [-0.2, 0) is 123 Å². The third kappa shape index (κ3) is 29.0. The summed E-state index contributed by atoms with van der Waals surface area (Å²) in [6.07, 6.45) is -2.04. The summed E-state index contributed by atoms with van der Waals surface area (Å²) in [6, 6.07) is 8.79. The highest BCUT2D eigenvalue weighted by Crippen LogP contribution is 2.28. The average Bonchev–Trinajstić information content (AvgIpc) is 1.66. The van der Waals surface area contributed by atoms with Crippen molar-refractivity contribution in [3.63, 3.8) is 0 Å². The number of nitrogens with zero attached hydrogens (tertiary/aromatic N) is 5. The lowest BCUT2D eigenvalue weighted by Gasteiger charge is -2.40. The molecule has 1 aromatic heterocycles. The molecule has 0 unspecified atom stereocenters. The molecule has 134 heavy (non-hydrogen) atoms. The van der Waals surface area contributed by atoms with Gasteiger partial charge in [-0.1, -0.05) is 125 Å². The first kappa shape index (κ1) is 105. The van der Waals surface area contributed by atoms with Crippen molar-refractivity contribution >= 4 is 118 Å². The van der Waals surface area contributed by atoms with Gasteiger partial charge in [0.15, 0.2) is 17.5 Å². The van der Waals surface area contributed by atoms with Crippen LogP contribution in [-0.4, -0.2) is 312 Å². The van der Waals surface area contributed by atoms with Crippen molar-refractivity contribution in [3.8, 4) is 5.75 Å². The number of aliphatic hydroxyl groups is 1. The molecule has 3 saturated heterocycles. The van der Waals surface area contributed by atoms with E-state index in [-0.39, 0.29) is 102 Å². The molecule has 6 aromatic rings. The number of aromatic hydroxyl groups is 1. The van der Waals surface area contributed by atoms with Crippen LogP contribution < -0.4 is 59.3 Å². The summed E-state index contributed by atoms with van der Waals surface area (Å²) in [5, 5.41) is 46.0. The molecule has 15 amide bonds. The summed E-state index contributed by atoms with van der Waals surface area (Å²) in [4.78, 5) is 245. The number of H-pyrrole nitrogens is 1. The van der Waals surface area contributed by atoms with Crippen molar-refractivity contribution in [2.75, 3.05) is 92.4 Å². The van der Waals surface area contributed by atoms with Crippen molar-refractivity contribution in [1.29, 1.82) is 0 Å². The van der Waals surface area contributed by atoms with E-state index in [1.54, 1.807) is 112 Å². The van der Waals surface area contributed by atoms with Crippen LogP contribution >= 0.6 is 11.8 Å². The van der Waals surface area contributed by atoms with Crippen LogP contribution in [0.4, 0.5) is 13.2 Å². The quantitative estimate of drug-likeness (QED) is 0.0240. The maximum atomic E-state index is 15.7. The Morgan fingerprint density at radius 2 is 1.16 bits per heavy atom. The smallest absolute Gasteiger partial charge is 0.293 e. The molecule has 4 heterocycles. The lowest BCUT2D eigenvalue weighted by Crippen LogP contribution is -2.64. The van der Waals surface area contributed by atoms with Crippen LogP contribution in [0.5, 0.6) is 5.75 Å². The molecule has 0 bridgehead atoms. The molecule has 3 aliphatic rings. The normalized spacial score (nSPS) is 24.1. The minimum absolute atomic E-state index is 0.00825. The number of rotatable bonds is 26. The van der Waals surface area contributed by atoms with Crippen molar-refractivity contribution in [2.24, 2.45) is 17.4 Å². The lowest BCUT2D eigenvalue weighted by molar-refractivity contribution is -0.158. The summed E-state index contributed by atoms with van der Waals surface area (Å²) >= 11 is 0.649. The van der Waals surface area contributed by atoms with E-state index in [0.29, 0.717) is 63.5 Å². The van der Waals surface area contributed by atoms with Gasteiger partial charge < -0.3 is 113 Å². The molecule has 9 rings (SSSR count). The third-order valence-corrected chi connectivity index (χ3v) is 24.5. The van der Waals surface area contributed by atoms with Gasteiger partial charge in [0.2, 0.25) is 88.6 Å². The van der Waals surface area contributed by atoms with E-state index in [1.807, 2.05) is 0 Å². The number of primary amides is 1. The molecule has 14 atom stereocenters. The fraction of sp³-hybridized carbons (Fsp3) is 0.478. The first-order chi connectivity index (χ1) is 64.0.